The van der Waals surface area contributed by atoms with Crippen LogP contribution in [0.5, 0.6) is 0 Å². The van der Waals surface area contributed by atoms with Crippen molar-refractivity contribution in [3.05, 3.63) is 78.0 Å². The predicted molar refractivity (Wildman–Crippen MR) is 88.1 cm³/mol. The van der Waals surface area contributed by atoms with Gasteiger partial charge >= 0.3 is 0 Å². The molecule has 1 aromatic heterocycles. The summed E-state index contributed by atoms with van der Waals surface area (Å²) in [5.41, 5.74) is 4.57. The minimum Gasteiger partial charge on any atom is -0.289 e. The highest BCUT2D eigenvalue weighted by Crippen LogP contribution is 2.41. The summed E-state index contributed by atoms with van der Waals surface area (Å²) in [6.45, 7) is 0. The predicted octanol–water partition coefficient (Wildman–Crippen LogP) is 4.60. The normalized spacial score (nSPS) is 12.6. The molecule has 0 radical (unpaired) electrons. The third-order valence-electron chi connectivity index (χ3n) is 4.45. The molecule has 4 aromatic rings. The van der Waals surface area contributed by atoms with Crippen molar-refractivity contribution in [2.24, 2.45) is 0 Å². The van der Waals surface area contributed by atoms with Crippen LogP contribution in [0.4, 0.5) is 0 Å². The Morgan fingerprint density at radius 2 is 1.55 bits per heavy atom. The molecule has 0 saturated heterocycles. The van der Waals surface area contributed by atoms with Crippen LogP contribution in [-0.4, -0.2) is 10.8 Å². The molecule has 2 heteroatoms. The van der Waals surface area contributed by atoms with Crippen molar-refractivity contribution in [2.75, 3.05) is 0 Å². The Bertz CT molecular complexity index is 1090. The van der Waals surface area contributed by atoms with Gasteiger partial charge in [0, 0.05) is 28.1 Å². The Morgan fingerprint density at radius 3 is 2.41 bits per heavy atom. The van der Waals surface area contributed by atoms with Crippen LogP contribution in [-0.2, 0) is 0 Å². The Morgan fingerprint density at radius 1 is 0.727 bits per heavy atom. The first-order valence-corrected chi connectivity index (χ1v) is 7.29. The number of hydrogen-bond donors (Lipinski definition) is 0. The van der Waals surface area contributed by atoms with E-state index in [1.165, 1.54) is 0 Å². The van der Waals surface area contributed by atoms with Crippen LogP contribution < -0.4 is 0 Å². The summed E-state index contributed by atoms with van der Waals surface area (Å²) in [6.07, 6.45) is 1.76. The quantitative estimate of drug-likeness (QED) is 0.415. The van der Waals surface area contributed by atoms with E-state index in [-0.39, 0.29) is 5.78 Å². The number of carbonyl (C=O) groups excluding carboxylic acids is 1. The number of benzene rings is 3. The Hall–Kier alpha value is -3.00. The van der Waals surface area contributed by atoms with Gasteiger partial charge in [-0.2, -0.15) is 0 Å². The summed E-state index contributed by atoms with van der Waals surface area (Å²) < 4.78 is 0. The molecule has 0 fully saturated rings. The van der Waals surface area contributed by atoms with Gasteiger partial charge in [0.05, 0.1) is 5.52 Å². The number of nitrogens with zero attached hydrogens (tertiary/aromatic N) is 1. The number of carbonyl (C=O) groups is 1. The van der Waals surface area contributed by atoms with Crippen LogP contribution in [0.1, 0.15) is 15.9 Å². The fraction of sp³-hybridized carbons (Fsp3) is 0. The van der Waals surface area contributed by atoms with Gasteiger partial charge in [-0.05, 0) is 28.6 Å². The number of aromatic nitrogens is 1. The van der Waals surface area contributed by atoms with Crippen molar-refractivity contribution < 1.29 is 4.79 Å². The first-order chi connectivity index (χ1) is 10.8. The van der Waals surface area contributed by atoms with E-state index in [2.05, 4.69) is 29.2 Å². The van der Waals surface area contributed by atoms with Gasteiger partial charge in [-0.3, -0.25) is 9.78 Å². The first-order valence-electron chi connectivity index (χ1n) is 7.29. The summed E-state index contributed by atoms with van der Waals surface area (Å²) in [5.74, 6) is 0.0953. The van der Waals surface area contributed by atoms with Gasteiger partial charge < -0.3 is 0 Å². The number of ketones is 1. The Balaban J connectivity index is 2.04. The third kappa shape index (κ3) is 1.34. The second-order valence-electron chi connectivity index (χ2n) is 5.60. The van der Waals surface area contributed by atoms with Gasteiger partial charge in [0.2, 0.25) is 0 Å². The SMILES string of the molecule is O=C1c2c(ccc3ncccc23)-c2cccc3cccc1c23. The Kier molecular flexibility index (Phi) is 2.12. The highest BCUT2D eigenvalue weighted by atomic mass is 16.1. The van der Waals surface area contributed by atoms with Crippen molar-refractivity contribution in [3.8, 4) is 11.1 Å². The van der Waals surface area contributed by atoms with E-state index < -0.39 is 0 Å². The molecule has 22 heavy (non-hydrogen) atoms. The second kappa shape index (κ2) is 4.01. The molecular weight excluding hydrogens is 270 g/mol. The van der Waals surface area contributed by atoms with Gasteiger partial charge in [-0.25, -0.2) is 0 Å². The van der Waals surface area contributed by atoms with Crippen LogP contribution in [0.15, 0.2) is 66.9 Å². The average molecular weight is 281 g/mol. The largest absolute Gasteiger partial charge is 0.289 e. The lowest BCUT2D eigenvalue weighted by molar-refractivity contribution is 0.104. The number of rotatable bonds is 0. The second-order valence-corrected chi connectivity index (χ2v) is 5.60. The fourth-order valence-electron chi connectivity index (χ4n) is 3.51. The van der Waals surface area contributed by atoms with E-state index in [1.54, 1.807) is 6.20 Å². The molecule has 3 aromatic carbocycles. The molecule has 0 unspecified atom stereocenters. The monoisotopic (exact) mass is 281 g/mol. The molecule has 0 spiro atoms. The summed E-state index contributed by atoms with van der Waals surface area (Å²) in [5, 5.41) is 3.10. The van der Waals surface area contributed by atoms with E-state index in [9.17, 15) is 4.79 Å². The van der Waals surface area contributed by atoms with Crippen LogP contribution in [0.2, 0.25) is 0 Å². The number of pyridine rings is 1. The maximum atomic E-state index is 13.1. The molecule has 1 aliphatic carbocycles. The van der Waals surface area contributed by atoms with Crippen LogP contribution >= 0.6 is 0 Å². The van der Waals surface area contributed by atoms with Gasteiger partial charge in [0.15, 0.2) is 5.78 Å². The van der Waals surface area contributed by atoms with E-state index in [1.807, 2.05) is 36.4 Å². The standard InChI is InChI=1S/C20H11NO/c22-20-16-7-2-5-12-4-1-6-13(18(12)16)14-9-10-17-15(19(14)20)8-3-11-21-17/h1-11H. The molecule has 1 heterocycles. The van der Waals surface area contributed by atoms with E-state index in [0.29, 0.717) is 0 Å². The minimum absolute atomic E-state index is 0.0953. The van der Waals surface area contributed by atoms with E-state index >= 15 is 0 Å². The molecule has 0 amide bonds. The van der Waals surface area contributed by atoms with Crippen molar-refractivity contribution in [1.29, 1.82) is 0 Å². The molecule has 0 bridgehead atoms. The van der Waals surface area contributed by atoms with Crippen LogP contribution in [0, 0.1) is 0 Å². The molecule has 1 aliphatic rings. The lowest BCUT2D eigenvalue weighted by Gasteiger charge is -2.21. The highest BCUT2D eigenvalue weighted by molar-refractivity contribution is 6.29. The van der Waals surface area contributed by atoms with Crippen molar-refractivity contribution in [3.63, 3.8) is 0 Å². The van der Waals surface area contributed by atoms with Gasteiger partial charge in [-0.1, -0.05) is 48.5 Å². The van der Waals surface area contributed by atoms with Gasteiger partial charge in [0.1, 0.15) is 0 Å². The minimum atomic E-state index is 0.0953. The molecule has 0 N–H and O–H groups in total. The molecule has 0 atom stereocenters. The maximum absolute atomic E-state index is 13.1. The first kappa shape index (κ1) is 11.6. The molecular formula is C20H11NO. The summed E-state index contributed by atoms with van der Waals surface area (Å²) in [6, 6.07) is 20.0. The fourth-order valence-corrected chi connectivity index (χ4v) is 3.51. The zero-order chi connectivity index (χ0) is 14.7. The molecule has 0 aliphatic heterocycles. The summed E-state index contributed by atoms with van der Waals surface area (Å²) in [4.78, 5) is 17.5. The van der Waals surface area contributed by atoms with Crippen molar-refractivity contribution in [1.82, 2.24) is 4.98 Å². The lowest BCUT2D eigenvalue weighted by Crippen LogP contribution is -2.10. The third-order valence-corrected chi connectivity index (χ3v) is 4.45. The zero-order valence-corrected chi connectivity index (χ0v) is 11.7. The average Bonchev–Trinajstić information content (AvgIpc) is 2.58. The zero-order valence-electron chi connectivity index (χ0n) is 11.7. The van der Waals surface area contributed by atoms with Gasteiger partial charge in [-0.15, -0.1) is 0 Å². The smallest absolute Gasteiger partial charge is 0.194 e. The molecule has 0 saturated carbocycles. The summed E-state index contributed by atoms with van der Waals surface area (Å²) >= 11 is 0. The number of hydrogen-bond acceptors (Lipinski definition) is 2. The van der Waals surface area contributed by atoms with E-state index in [4.69, 9.17) is 0 Å². The lowest BCUT2D eigenvalue weighted by atomic mass is 9.81. The Labute approximate surface area is 127 Å². The van der Waals surface area contributed by atoms with Crippen LogP contribution in [0.25, 0.3) is 32.8 Å². The maximum Gasteiger partial charge on any atom is 0.194 e. The molecule has 102 valence electrons. The highest BCUT2D eigenvalue weighted by Gasteiger charge is 2.26. The number of fused-ring (bicyclic) bond motifs is 4. The van der Waals surface area contributed by atoms with Crippen LogP contribution in [0.3, 0.4) is 0 Å². The van der Waals surface area contributed by atoms with E-state index in [0.717, 1.165) is 43.9 Å². The summed E-state index contributed by atoms with van der Waals surface area (Å²) in [7, 11) is 0. The molecule has 5 rings (SSSR count). The topological polar surface area (TPSA) is 30.0 Å². The van der Waals surface area contributed by atoms with Crippen molar-refractivity contribution in [2.45, 2.75) is 0 Å². The molecule has 2 nitrogen and oxygen atoms in total. The van der Waals surface area contributed by atoms with Gasteiger partial charge in [0.25, 0.3) is 0 Å². The van der Waals surface area contributed by atoms with Crippen molar-refractivity contribution >= 4 is 27.5 Å².